The lowest BCUT2D eigenvalue weighted by Gasteiger charge is -2.27. The molecule has 0 fully saturated rings. The topological polar surface area (TPSA) is 49.3 Å². The van der Waals surface area contributed by atoms with E-state index in [4.69, 9.17) is 11.6 Å². The lowest BCUT2D eigenvalue weighted by molar-refractivity contribution is -0.140. The number of likely N-dealkylation sites (N-methyl/N-ethyl adjacent to an activating group) is 1. The predicted molar refractivity (Wildman–Crippen MR) is 69.5 cm³/mol. The number of halogens is 1. The number of carboxylic acids is 1. The van der Waals surface area contributed by atoms with Gasteiger partial charge in [0.2, 0.25) is 0 Å². The molecule has 0 saturated carbocycles. The maximum atomic E-state index is 11.2. The molecule has 0 aromatic heterocycles. The summed E-state index contributed by atoms with van der Waals surface area (Å²) in [5.74, 6) is -0.680. The number of carbonyl (C=O) groups is 1. The largest absolute Gasteiger partial charge is 0.480 e. The molecule has 1 aromatic rings. The Morgan fingerprint density at radius 2 is 1.82 bits per heavy atom. The number of aliphatic carboxylic acids is 1. The van der Waals surface area contributed by atoms with Crippen LogP contribution in [0.15, 0.2) is 24.3 Å². The Morgan fingerprint density at radius 3 is 2.18 bits per heavy atom. The van der Waals surface area contributed by atoms with E-state index in [-0.39, 0.29) is 11.8 Å². The molecule has 0 saturated heterocycles. The van der Waals surface area contributed by atoms with Gasteiger partial charge in [0.25, 0.3) is 0 Å². The summed E-state index contributed by atoms with van der Waals surface area (Å²) in [5.41, 5.74) is 0.992. The third-order valence-electron chi connectivity index (χ3n) is 2.91. The van der Waals surface area contributed by atoms with Crippen LogP contribution in [0.1, 0.15) is 25.3 Å². The standard InChI is InChI=1S/C13H18ClNO2/c1-8(2)11(12(15-3)13(16)17)9-4-6-10(14)7-5-9/h4-8,11-12,15H,1-3H3,(H,16,17). The first-order valence-corrected chi connectivity index (χ1v) is 6.00. The summed E-state index contributed by atoms with van der Waals surface area (Å²) >= 11 is 5.84. The Labute approximate surface area is 107 Å². The highest BCUT2D eigenvalue weighted by Crippen LogP contribution is 2.29. The van der Waals surface area contributed by atoms with Crippen LogP contribution in [0.2, 0.25) is 5.02 Å². The van der Waals surface area contributed by atoms with E-state index in [1.807, 2.05) is 26.0 Å². The highest BCUT2D eigenvalue weighted by molar-refractivity contribution is 6.30. The van der Waals surface area contributed by atoms with E-state index in [2.05, 4.69) is 5.32 Å². The monoisotopic (exact) mass is 255 g/mol. The van der Waals surface area contributed by atoms with Gasteiger partial charge in [-0.05, 0) is 30.7 Å². The van der Waals surface area contributed by atoms with E-state index in [1.165, 1.54) is 0 Å². The lowest BCUT2D eigenvalue weighted by Crippen LogP contribution is -2.41. The molecule has 2 atom stereocenters. The number of benzene rings is 1. The van der Waals surface area contributed by atoms with Crippen molar-refractivity contribution in [3.8, 4) is 0 Å². The van der Waals surface area contributed by atoms with Gasteiger partial charge in [0.15, 0.2) is 0 Å². The van der Waals surface area contributed by atoms with Gasteiger partial charge in [-0.15, -0.1) is 0 Å². The number of hydrogen-bond donors (Lipinski definition) is 2. The molecule has 0 aliphatic heterocycles. The van der Waals surface area contributed by atoms with E-state index in [0.29, 0.717) is 5.02 Å². The fourth-order valence-corrected chi connectivity index (χ4v) is 2.23. The molecule has 1 rings (SSSR count). The Morgan fingerprint density at radius 1 is 1.29 bits per heavy atom. The van der Waals surface area contributed by atoms with Crippen LogP contribution in [0.3, 0.4) is 0 Å². The normalized spacial score (nSPS) is 14.6. The van der Waals surface area contributed by atoms with Crippen molar-refractivity contribution in [3.63, 3.8) is 0 Å². The maximum Gasteiger partial charge on any atom is 0.321 e. The summed E-state index contributed by atoms with van der Waals surface area (Å²) in [6.45, 7) is 4.04. The van der Waals surface area contributed by atoms with Crippen LogP contribution < -0.4 is 5.32 Å². The molecule has 0 radical (unpaired) electrons. The molecule has 2 unspecified atom stereocenters. The summed E-state index contributed by atoms with van der Waals surface area (Å²) in [6, 6.07) is 6.78. The van der Waals surface area contributed by atoms with Gasteiger partial charge in [-0.25, -0.2) is 0 Å². The molecule has 1 aromatic carbocycles. The number of carboxylic acid groups (broad SMARTS) is 1. The third kappa shape index (κ3) is 3.45. The SMILES string of the molecule is CNC(C(=O)O)C(c1ccc(Cl)cc1)C(C)C. The molecular formula is C13H18ClNO2. The van der Waals surface area contributed by atoms with Gasteiger partial charge in [0.1, 0.15) is 6.04 Å². The van der Waals surface area contributed by atoms with Crippen molar-refractivity contribution in [2.24, 2.45) is 5.92 Å². The van der Waals surface area contributed by atoms with E-state index in [0.717, 1.165) is 5.56 Å². The average molecular weight is 256 g/mol. The minimum Gasteiger partial charge on any atom is -0.480 e. The van der Waals surface area contributed by atoms with Crippen LogP contribution in [0.4, 0.5) is 0 Å². The summed E-state index contributed by atoms with van der Waals surface area (Å²) in [5, 5.41) is 12.7. The molecule has 94 valence electrons. The van der Waals surface area contributed by atoms with E-state index in [9.17, 15) is 9.90 Å². The smallest absolute Gasteiger partial charge is 0.321 e. The Bertz CT molecular complexity index is 376. The van der Waals surface area contributed by atoms with Gasteiger partial charge in [-0.1, -0.05) is 37.6 Å². The zero-order valence-corrected chi connectivity index (χ0v) is 11.0. The highest BCUT2D eigenvalue weighted by Gasteiger charge is 2.30. The van der Waals surface area contributed by atoms with Crippen LogP contribution >= 0.6 is 11.6 Å². The predicted octanol–water partition coefficient (Wildman–Crippen LogP) is 2.75. The van der Waals surface area contributed by atoms with Gasteiger partial charge >= 0.3 is 5.97 Å². The van der Waals surface area contributed by atoms with Crippen molar-refractivity contribution in [2.75, 3.05) is 7.05 Å². The molecular weight excluding hydrogens is 238 g/mol. The molecule has 0 heterocycles. The Hall–Kier alpha value is -1.06. The second-order valence-electron chi connectivity index (χ2n) is 4.43. The Kier molecular flexibility index (Phi) is 4.97. The van der Waals surface area contributed by atoms with Gasteiger partial charge in [-0.2, -0.15) is 0 Å². The number of nitrogens with one attached hydrogen (secondary N) is 1. The van der Waals surface area contributed by atoms with Gasteiger partial charge in [0, 0.05) is 10.9 Å². The van der Waals surface area contributed by atoms with Crippen molar-refractivity contribution in [1.82, 2.24) is 5.32 Å². The Balaban J connectivity index is 3.08. The first kappa shape index (κ1) is 14.0. The van der Waals surface area contributed by atoms with Crippen molar-refractivity contribution in [3.05, 3.63) is 34.9 Å². The molecule has 0 spiro atoms. The first-order chi connectivity index (χ1) is 7.97. The zero-order valence-electron chi connectivity index (χ0n) is 10.3. The molecule has 4 heteroatoms. The molecule has 0 aliphatic carbocycles. The molecule has 0 aliphatic rings. The van der Waals surface area contributed by atoms with Gasteiger partial charge in [0.05, 0.1) is 0 Å². The van der Waals surface area contributed by atoms with E-state index < -0.39 is 12.0 Å². The van der Waals surface area contributed by atoms with Gasteiger partial charge in [-0.3, -0.25) is 4.79 Å². The second kappa shape index (κ2) is 6.03. The van der Waals surface area contributed by atoms with Crippen LogP contribution in [0.25, 0.3) is 0 Å². The van der Waals surface area contributed by atoms with Crippen molar-refractivity contribution in [2.45, 2.75) is 25.8 Å². The average Bonchev–Trinajstić information content (AvgIpc) is 2.26. The van der Waals surface area contributed by atoms with Crippen molar-refractivity contribution >= 4 is 17.6 Å². The van der Waals surface area contributed by atoms with Crippen LogP contribution in [0.5, 0.6) is 0 Å². The number of rotatable bonds is 5. The minimum absolute atomic E-state index is 0.0743. The molecule has 3 nitrogen and oxygen atoms in total. The number of hydrogen-bond acceptors (Lipinski definition) is 2. The second-order valence-corrected chi connectivity index (χ2v) is 4.86. The summed E-state index contributed by atoms with van der Waals surface area (Å²) < 4.78 is 0. The molecule has 0 amide bonds. The third-order valence-corrected chi connectivity index (χ3v) is 3.16. The van der Waals surface area contributed by atoms with Crippen molar-refractivity contribution in [1.29, 1.82) is 0 Å². The maximum absolute atomic E-state index is 11.2. The fourth-order valence-electron chi connectivity index (χ4n) is 2.10. The van der Waals surface area contributed by atoms with E-state index in [1.54, 1.807) is 19.2 Å². The van der Waals surface area contributed by atoms with Crippen LogP contribution in [0, 0.1) is 5.92 Å². The summed E-state index contributed by atoms with van der Waals surface area (Å²) in [7, 11) is 1.67. The molecule has 0 bridgehead atoms. The summed E-state index contributed by atoms with van der Waals surface area (Å²) in [6.07, 6.45) is 0. The molecule has 17 heavy (non-hydrogen) atoms. The van der Waals surface area contributed by atoms with E-state index >= 15 is 0 Å². The van der Waals surface area contributed by atoms with Crippen LogP contribution in [-0.4, -0.2) is 24.2 Å². The quantitative estimate of drug-likeness (QED) is 0.851. The summed E-state index contributed by atoms with van der Waals surface area (Å²) in [4.78, 5) is 11.2. The first-order valence-electron chi connectivity index (χ1n) is 5.63. The minimum atomic E-state index is -0.832. The highest BCUT2D eigenvalue weighted by atomic mass is 35.5. The van der Waals surface area contributed by atoms with Crippen LogP contribution in [-0.2, 0) is 4.79 Å². The lowest BCUT2D eigenvalue weighted by atomic mass is 9.82. The van der Waals surface area contributed by atoms with Gasteiger partial charge < -0.3 is 10.4 Å². The molecule has 2 N–H and O–H groups in total. The fraction of sp³-hybridized carbons (Fsp3) is 0.462. The zero-order chi connectivity index (χ0) is 13.0. The van der Waals surface area contributed by atoms with Crippen molar-refractivity contribution < 1.29 is 9.90 Å².